The summed E-state index contributed by atoms with van der Waals surface area (Å²) in [5.41, 5.74) is 14.7. The van der Waals surface area contributed by atoms with Gasteiger partial charge in [-0.15, -0.1) is 0 Å². The Hall–Kier alpha value is -10.3. The molecular weight excluding hydrogens is 969 g/mol. The van der Waals surface area contributed by atoms with Crippen LogP contribution in [-0.2, 0) is 5.41 Å². The maximum Gasteiger partial charge on any atom is 0.152 e. The molecule has 16 rings (SSSR count). The number of hydrogen-bond donors (Lipinski definition) is 0. The van der Waals surface area contributed by atoms with E-state index in [4.69, 9.17) is 18.9 Å². The first-order valence-corrected chi connectivity index (χ1v) is 26.8. The lowest BCUT2D eigenvalue weighted by atomic mass is 9.66. The molecular formula is C73H48N2O4. The van der Waals surface area contributed by atoms with Crippen molar-refractivity contribution < 1.29 is 18.9 Å². The molecule has 0 atom stereocenters. The quantitative estimate of drug-likeness (QED) is 0.141. The fourth-order valence-corrected chi connectivity index (χ4v) is 12.9. The average molecular weight is 1020 g/mol. The minimum absolute atomic E-state index is 0.671. The molecule has 3 aliphatic rings. The Labute approximate surface area is 457 Å². The van der Waals surface area contributed by atoms with E-state index >= 15 is 0 Å². The fraction of sp³-hybridized carbons (Fsp3) is 0.0411. The highest BCUT2D eigenvalue weighted by Crippen LogP contribution is 2.59. The van der Waals surface area contributed by atoms with Gasteiger partial charge < -0.3 is 28.7 Å². The summed E-state index contributed by atoms with van der Waals surface area (Å²) in [4.78, 5) is 4.63. The SMILES string of the molecule is COc1ccc2cc(N3c4ccccc4Oc4cc(-c5cc6c7c(ccc8cc(-c9ccc%10c(c9)Oc9ccccc9N%10c9ccc%10cc(OC)ccc%10c9)cc(c87)C6(c6ccccc6)c6ccccc6)c5)ccc43)ccc2c1. The van der Waals surface area contributed by atoms with E-state index in [-0.39, 0.29) is 0 Å². The molecule has 13 aromatic carbocycles. The van der Waals surface area contributed by atoms with Crippen LogP contribution in [0.15, 0.2) is 255 Å². The summed E-state index contributed by atoms with van der Waals surface area (Å²) in [5, 5.41) is 9.42. The summed E-state index contributed by atoms with van der Waals surface area (Å²) < 4.78 is 24.9. The maximum atomic E-state index is 6.87. The number of fused-ring (bicyclic) bond motifs is 6. The number of methoxy groups -OCH3 is 2. The van der Waals surface area contributed by atoms with Crippen LogP contribution in [0.2, 0.25) is 0 Å². The number of rotatable bonds is 8. The van der Waals surface area contributed by atoms with Crippen LogP contribution >= 0.6 is 0 Å². The third-order valence-electron chi connectivity index (χ3n) is 16.6. The Morgan fingerprint density at radius 3 is 1.15 bits per heavy atom. The standard InChI is InChI=1S/C73H48N2O4/c1-76-59-31-25-45-37-57(29-23-47(45)39-59)74-63-17-9-11-19-67(63)78-69-43-49(27-33-65(69)74)53-35-51-21-22-52-36-54(42-62-72(52)71(51)61(41-53)73(62,55-13-5-3-6-14-55)56-15-7-4-8-16-56)50-28-34-66-70(44-50)79-68-20-12-10-18-64(68)75(66)58-30-24-48-40-60(77-2)32-26-46(48)38-58/h3-44H,1-2H3. The normalized spacial score (nSPS) is 13.4. The van der Waals surface area contributed by atoms with E-state index in [1.54, 1.807) is 14.2 Å². The van der Waals surface area contributed by atoms with Gasteiger partial charge in [-0.05, 0) is 209 Å². The lowest BCUT2D eigenvalue weighted by Crippen LogP contribution is -2.28. The van der Waals surface area contributed by atoms with Crippen LogP contribution in [0.5, 0.6) is 34.5 Å². The molecule has 0 amide bonds. The molecule has 0 radical (unpaired) electrons. The van der Waals surface area contributed by atoms with E-state index in [9.17, 15) is 0 Å². The van der Waals surface area contributed by atoms with Gasteiger partial charge in [-0.1, -0.05) is 133 Å². The molecule has 0 spiro atoms. The number of nitrogens with zero attached hydrogens (tertiary/aromatic N) is 2. The van der Waals surface area contributed by atoms with Crippen LogP contribution in [0.4, 0.5) is 34.1 Å². The molecule has 0 saturated carbocycles. The van der Waals surface area contributed by atoms with Gasteiger partial charge in [0.05, 0.1) is 42.4 Å². The van der Waals surface area contributed by atoms with Crippen molar-refractivity contribution in [3.63, 3.8) is 0 Å². The Morgan fingerprint density at radius 1 is 0.304 bits per heavy atom. The molecule has 6 nitrogen and oxygen atoms in total. The second kappa shape index (κ2) is 17.4. The van der Waals surface area contributed by atoms with E-state index in [0.717, 1.165) is 112 Å². The van der Waals surface area contributed by atoms with E-state index < -0.39 is 5.41 Å². The molecule has 13 aromatic rings. The molecule has 0 unspecified atom stereocenters. The van der Waals surface area contributed by atoms with Crippen LogP contribution in [0.3, 0.4) is 0 Å². The van der Waals surface area contributed by atoms with Gasteiger partial charge in [-0.2, -0.15) is 0 Å². The van der Waals surface area contributed by atoms with Gasteiger partial charge in [-0.3, -0.25) is 0 Å². The molecule has 0 fully saturated rings. The molecule has 79 heavy (non-hydrogen) atoms. The van der Waals surface area contributed by atoms with Gasteiger partial charge in [0.25, 0.3) is 0 Å². The second-order valence-corrected chi connectivity index (χ2v) is 20.8. The van der Waals surface area contributed by atoms with Crippen molar-refractivity contribution >= 4 is 77.2 Å². The highest BCUT2D eigenvalue weighted by atomic mass is 16.5. The summed E-state index contributed by atoms with van der Waals surface area (Å²) in [6.45, 7) is 0. The zero-order valence-electron chi connectivity index (χ0n) is 43.3. The molecule has 0 aromatic heterocycles. The van der Waals surface area contributed by atoms with Crippen LogP contribution < -0.4 is 28.7 Å². The first kappa shape index (κ1) is 44.9. The van der Waals surface area contributed by atoms with Crippen molar-refractivity contribution in [2.24, 2.45) is 0 Å². The van der Waals surface area contributed by atoms with Crippen LogP contribution in [0.1, 0.15) is 22.3 Å². The summed E-state index contributed by atoms with van der Waals surface area (Å²) in [5.74, 6) is 4.87. The first-order chi connectivity index (χ1) is 39.0. The third kappa shape index (κ3) is 6.84. The number of hydrogen-bond acceptors (Lipinski definition) is 6. The van der Waals surface area contributed by atoms with Gasteiger partial charge >= 0.3 is 0 Å². The van der Waals surface area contributed by atoms with Gasteiger partial charge in [0.1, 0.15) is 11.5 Å². The minimum atomic E-state index is -0.671. The first-order valence-electron chi connectivity index (χ1n) is 26.8. The molecule has 0 bridgehead atoms. The number of para-hydroxylation sites is 4. The molecule has 374 valence electrons. The molecule has 2 heterocycles. The van der Waals surface area contributed by atoms with Crippen LogP contribution in [0.25, 0.3) is 65.3 Å². The number of ether oxygens (including phenoxy) is 4. The molecule has 2 aliphatic heterocycles. The highest BCUT2D eigenvalue weighted by molar-refractivity contribution is 6.18. The zero-order valence-corrected chi connectivity index (χ0v) is 43.3. The predicted molar refractivity (Wildman–Crippen MR) is 322 cm³/mol. The summed E-state index contributed by atoms with van der Waals surface area (Å²) in [7, 11) is 3.42. The van der Waals surface area contributed by atoms with Crippen molar-refractivity contribution in [1.29, 1.82) is 0 Å². The zero-order chi connectivity index (χ0) is 52.3. The molecule has 6 heteroatoms. The molecule has 0 saturated heterocycles. The molecule has 0 N–H and O–H groups in total. The number of benzene rings is 13. The lowest BCUT2D eigenvalue weighted by molar-refractivity contribution is 0.415. The van der Waals surface area contributed by atoms with Gasteiger partial charge in [0, 0.05) is 11.4 Å². The minimum Gasteiger partial charge on any atom is -0.497 e. The fourth-order valence-electron chi connectivity index (χ4n) is 12.9. The van der Waals surface area contributed by atoms with E-state index in [2.05, 4.69) is 240 Å². The topological polar surface area (TPSA) is 43.4 Å². The van der Waals surface area contributed by atoms with Crippen molar-refractivity contribution in [1.82, 2.24) is 0 Å². The van der Waals surface area contributed by atoms with Gasteiger partial charge in [0.2, 0.25) is 0 Å². The number of anilines is 6. The van der Waals surface area contributed by atoms with Crippen molar-refractivity contribution in [2.45, 2.75) is 5.41 Å². The monoisotopic (exact) mass is 1020 g/mol. The second-order valence-electron chi connectivity index (χ2n) is 20.8. The van der Waals surface area contributed by atoms with Crippen molar-refractivity contribution in [3.8, 4) is 56.8 Å². The largest absolute Gasteiger partial charge is 0.497 e. The highest BCUT2D eigenvalue weighted by Gasteiger charge is 2.46. The van der Waals surface area contributed by atoms with Crippen LogP contribution in [0, 0.1) is 0 Å². The maximum absolute atomic E-state index is 6.87. The van der Waals surface area contributed by atoms with Crippen molar-refractivity contribution in [2.75, 3.05) is 24.0 Å². The van der Waals surface area contributed by atoms with Gasteiger partial charge in [-0.25, -0.2) is 0 Å². The Bertz CT molecular complexity index is 4370. The smallest absolute Gasteiger partial charge is 0.152 e. The van der Waals surface area contributed by atoms with E-state index in [0.29, 0.717) is 0 Å². The summed E-state index contributed by atoms with van der Waals surface area (Å²) in [6.07, 6.45) is 0. The average Bonchev–Trinajstić information content (AvgIpc) is 3.02. The van der Waals surface area contributed by atoms with E-state index in [1.807, 2.05) is 24.3 Å². The van der Waals surface area contributed by atoms with E-state index in [1.165, 1.54) is 43.8 Å². The molecule has 1 aliphatic carbocycles. The Kier molecular flexibility index (Phi) is 9.88. The lowest BCUT2D eigenvalue weighted by Gasteiger charge is -2.35. The van der Waals surface area contributed by atoms with Crippen LogP contribution in [-0.4, -0.2) is 14.2 Å². The summed E-state index contributed by atoms with van der Waals surface area (Å²) in [6, 6.07) is 92.1. The van der Waals surface area contributed by atoms with Gasteiger partial charge in [0.15, 0.2) is 23.0 Å². The Morgan fingerprint density at radius 2 is 0.696 bits per heavy atom. The van der Waals surface area contributed by atoms with Crippen molar-refractivity contribution in [3.05, 3.63) is 277 Å². The third-order valence-corrected chi connectivity index (χ3v) is 16.6. The Balaban J connectivity index is 0.850. The predicted octanol–water partition coefficient (Wildman–Crippen LogP) is 19.5. The summed E-state index contributed by atoms with van der Waals surface area (Å²) >= 11 is 0.